The van der Waals surface area contributed by atoms with Gasteiger partial charge in [0, 0.05) is 30.9 Å². The van der Waals surface area contributed by atoms with E-state index in [1.165, 1.54) is 5.52 Å². The predicted octanol–water partition coefficient (Wildman–Crippen LogP) is 3.09. The van der Waals surface area contributed by atoms with Crippen LogP contribution in [0, 0.1) is 0 Å². The second-order valence-corrected chi connectivity index (χ2v) is 5.59. The highest BCUT2D eigenvalue weighted by molar-refractivity contribution is 5.80. The zero-order chi connectivity index (χ0) is 13.4. The van der Waals surface area contributed by atoms with Crippen molar-refractivity contribution in [1.29, 1.82) is 0 Å². The van der Waals surface area contributed by atoms with Gasteiger partial charge in [0.25, 0.3) is 0 Å². The summed E-state index contributed by atoms with van der Waals surface area (Å²) in [6.45, 7) is 6.08. The van der Waals surface area contributed by atoms with E-state index in [1.807, 2.05) is 12.1 Å². The summed E-state index contributed by atoms with van der Waals surface area (Å²) in [6, 6.07) is 6.53. The molecule has 0 spiro atoms. The minimum absolute atomic E-state index is 0.413. The third-order valence-corrected chi connectivity index (χ3v) is 3.81. The van der Waals surface area contributed by atoms with Crippen LogP contribution in [0.2, 0.25) is 0 Å². The number of fused-ring (bicyclic) bond motifs is 1. The predicted molar refractivity (Wildman–Crippen MR) is 77.3 cm³/mol. The van der Waals surface area contributed by atoms with Gasteiger partial charge in [-0.2, -0.15) is 0 Å². The summed E-state index contributed by atoms with van der Waals surface area (Å²) in [7, 11) is 0. The number of aromatic nitrogens is 2. The van der Waals surface area contributed by atoms with E-state index in [2.05, 4.69) is 24.5 Å². The quantitative estimate of drug-likeness (QED) is 0.843. The van der Waals surface area contributed by atoms with Gasteiger partial charge in [-0.3, -0.25) is 0 Å². The van der Waals surface area contributed by atoms with Crippen LogP contribution < -0.4 is 5.73 Å². The summed E-state index contributed by atoms with van der Waals surface area (Å²) in [5, 5.41) is 0. The number of nitrogens with zero attached hydrogens (tertiary/aromatic N) is 2. The summed E-state index contributed by atoms with van der Waals surface area (Å²) >= 11 is 0. The number of anilines is 1. The maximum atomic E-state index is 5.87. The molecular formula is C15H21N3O. The number of nitrogens with two attached hydrogens (primary N) is 1. The molecule has 19 heavy (non-hydrogen) atoms. The van der Waals surface area contributed by atoms with Gasteiger partial charge in [-0.15, -0.1) is 0 Å². The highest BCUT2D eigenvalue weighted by Gasteiger charge is 2.22. The highest BCUT2D eigenvalue weighted by Crippen LogP contribution is 2.31. The van der Waals surface area contributed by atoms with E-state index in [9.17, 15) is 0 Å². The number of hydrogen-bond acceptors (Lipinski definition) is 3. The maximum absolute atomic E-state index is 5.87. The van der Waals surface area contributed by atoms with Gasteiger partial charge in [0.2, 0.25) is 0 Å². The molecular weight excluding hydrogens is 238 g/mol. The topological polar surface area (TPSA) is 53.1 Å². The summed E-state index contributed by atoms with van der Waals surface area (Å²) in [5.74, 6) is 1.57. The smallest absolute Gasteiger partial charge is 0.112 e. The van der Waals surface area contributed by atoms with Gasteiger partial charge in [-0.1, -0.05) is 13.8 Å². The normalized spacial score (nSPS) is 17.4. The first kappa shape index (κ1) is 12.5. The average Bonchev–Trinajstić information content (AvgIpc) is 2.78. The first-order valence-corrected chi connectivity index (χ1v) is 7.02. The molecule has 0 aliphatic carbocycles. The Balaban J connectivity index is 2.15. The lowest BCUT2D eigenvalue weighted by Crippen LogP contribution is -2.21. The molecule has 0 saturated carbocycles. The lowest BCUT2D eigenvalue weighted by atomic mass is 10.1. The standard InChI is InChI=1S/C15H21N3O/c1-10(2)15-17-13-9-11(16)3-4-14(13)18(15)12-5-7-19-8-6-12/h3-4,9-10,12H,5-8,16H2,1-2H3. The second kappa shape index (κ2) is 4.85. The number of benzene rings is 1. The minimum atomic E-state index is 0.413. The fraction of sp³-hybridized carbons (Fsp3) is 0.533. The fourth-order valence-electron chi connectivity index (χ4n) is 2.87. The van der Waals surface area contributed by atoms with Crippen molar-refractivity contribution in [3.63, 3.8) is 0 Å². The fourth-order valence-corrected chi connectivity index (χ4v) is 2.87. The first-order chi connectivity index (χ1) is 9.16. The molecule has 1 aliphatic heterocycles. The van der Waals surface area contributed by atoms with Crippen molar-refractivity contribution < 1.29 is 4.74 Å². The molecule has 0 unspecified atom stereocenters. The van der Waals surface area contributed by atoms with Crippen LogP contribution in [0.15, 0.2) is 18.2 Å². The minimum Gasteiger partial charge on any atom is -0.399 e. The van der Waals surface area contributed by atoms with Crippen molar-refractivity contribution in [2.75, 3.05) is 18.9 Å². The second-order valence-electron chi connectivity index (χ2n) is 5.59. The van der Waals surface area contributed by atoms with Crippen LogP contribution in [0.25, 0.3) is 11.0 Å². The Labute approximate surface area is 113 Å². The Hall–Kier alpha value is -1.55. The lowest BCUT2D eigenvalue weighted by molar-refractivity contribution is 0.0697. The van der Waals surface area contributed by atoms with Gasteiger partial charge >= 0.3 is 0 Å². The van der Waals surface area contributed by atoms with E-state index < -0.39 is 0 Å². The molecule has 0 bridgehead atoms. The summed E-state index contributed by atoms with van der Waals surface area (Å²) in [6.07, 6.45) is 2.13. The van der Waals surface area contributed by atoms with Crippen molar-refractivity contribution in [1.82, 2.24) is 9.55 Å². The molecule has 2 aromatic rings. The molecule has 102 valence electrons. The van der Waals surface area contributed by atoms with Crippen molar-refractivity contribution >= 4 is 16.7 Å². The van der Waals surface area contributed by atoms with E-state index in [1.54, 1.807) is 0 Å². The molecule has 4 nitrogen and oxygen atoms in total. The lowest BCUT2D eigenvalue weighted by Gasteiger charge is -2.26. The van der Waals surface area contributed by atoms with Gasteiger partial charge in [-0.05, 0) is 31.0 Å². The van der Waals surface area contributed by atoms with Gasteiger partial charge in [0.15, 0.2) is 0 Å². The molecule has 4 heteroatoms. The van der Waals surface area contributed by atoms with Crippen LogP contribution in [0.1, 0.15) is 44.5 Å². The van der Waals surface area contributed by atoms with E-state index >= 15 is 0 Å². The van der Waals surface area contributed by atoms with E-state index in [-0.39, 0.29) is 0 Å². The van der Waals surface area contributed by atoms with Gasteiger partial charge in [-0.25, -0.2) is 4.98 Å². The average molecular weight is 259 g/mol. The molecule has 0 amide bonds. The van der Waals surface area contributed by atoms with Crippen molar-refractivity contribution in [2.45, 2.75) is 38.6 Å². The van der Waals surface area contributed by atoms with Crippen LogP contribution in [-0.4, -0.2) is 22.8 Å². The molecule has 1 fully saturated rings. The highest BCUT2D eigenvalue weighted by atomic mass is 16.5. The molecule has 2 N–H and O–H groups in total. The van der Waals surface area contributed by atoms with E-state index in [0.717, 1.165) is 43.1 Å². The molecule has 1 saturated heterocycles. The largest absolute Gasteiger partial charge is 0.399 e. The molecule has 0 radical (unpaired) electrons. The zero-order valence-corrected chi connectivity index (χ0v) is 11.6. The van der Waals surface area contributed by atoms with Crippen molar-refractivity contribution in [3.8, 4) is 0 Å². The first-order valence-electron chi connectivity index (χ1n) is 7.02. The number of imidazole rings is 1. The van der Waals surface area contributed by atoms with Crippen LogP contribution in [0.3, 0.4) is 0 Å². The number of hydrogen-bond donors (Lipinski definition) is 1. The molecule has 1 aromatic heterocycles. The Morgan fingerprint density at radius 2 is 2.05 bits per heavy atom. The van der Waals surface area contributed by atoms with E-state index in [4.69, 9.17) is 15.5 Å². The molecule has 1 aliphatic rings. The summed E-state index contributed by atoms with van der Waals surface area (Å²) in [5.41, 5.74) is 8.85. The molecule has 2 heterocycles. The SMILES string of the molecule is CC(C)c1nc2cc(N)ccc2n1C1CCOCC1. The van der Waals surface area contributed by atoms with Crippen LogP contribution in [0.4, 0.5) is 5.69 Å². The van der Waals surface area contributed by atoms with Gasteiger partial charge in [0.1, 0.15) is 5.82 Å². The Morgan fingerprint density at radius 1 is 1.32 bits per heavy atom. The zero-order valence-electron chi connectivity index (χ0n) is 11.6. The number of rotatable bonds is 2. The monoisotopic (exact) mass is 259 g/mol. The van der Waals surface area contributed by atoms with Crippen LogP contribution >= 0.6 is 0 Å². The number of ether oxygens (including phenoxy) is 1. The third-order valence-electron chi connectivity index (χ3n) is 3.81. The molecule has 1 aromatic carbocycles. The third kappa shape index (κ3) is 2.21. The maximum Gasteiger partial charge on any atom is 0.112 e. The summed E-state index contributed by atoms with van der Waals surface area (Å²) in [4.78, 5) is 4.79. The Kier molecular flexibility index (Phi) is 3.19. The van der Waals surface area contributed by atoms with Gasteiger partial charge < -0.3 is 15.0 Å². The Bertz CT molecular complexity index is 582. The van der Waals surface area contributed by atoms with Gasteiger partial charge in [0.05, 0.1) is 11.0 Å². The van der Waals surface area contributed by atoms with Crippen molar-refractivity contribution in [2.24, 2.45) is 0 Å². The van der Waals surface area contributed by atoms with Crippen LogP contribution in [0.5, 0.6) is 0 Å². The van der Waals surface area contributed by atoms with E-state index in [0.29, 0.717) is 12.0 Å². The van der Waals surface area contributed by atoms with Crippen LogP contribution in [-0.2, 0) is 4.74 Å². The Morgan fingerprint density at radius 3 is 2.74 bits per heavy atom. The number of nitrogen functional groups attached to an aromatic ring is 1. The molecule has 3 rings (SSSR count). The molecule has 0 atom stereocenters. The summed E-state index contributed by atoms with van der Waals surface area (Å²) < 4.78 is 7.88. The van der Waals surface area contributed by atoms with Crippen molar-refractivity contribution in [3.05, 3.63) is 24.0 Å².